The first kappa shape index (κ1) is 9.43. The molecule has 2 aromatic rings. The van der Waals surface area contributed by atoms with Gasteiger partial charge in [0.2, 0.25) is 0 Å². The zero-order chi connectivity index (χ0) is 9.97. The van der Waals surface area contributed by atoms with Crippen LogP contribution in [-0.4, -0.2) is 14.7 Å². The van der Waals surface area contributed by atoms with Crippen LogP contribution in [0.2, 0.25) is 0 Å². The molecule has 1 aromatic heterocycles. The molecule has 14 heavy (non-hydrogen) atoms. The molecular formula is C10H9BrN2O. The van der Waals surface area contributed by atoms with Gasteiger partial charge in [-0.05, 0) is 33.6 Å². The van der Waals surface area contributed by atoms with Gasteiger partial charge in [0.05, 0.1) is 18.6 Å². The van der Waals surface area contributed by atoms with E-state index < -0.39 is 0 Å². The van der Waals surface area contributed by atoms with Gasteiger partial charge in [-0.25, -0.2) is 4.98 Å². The predicted octanol–water partition coefficient (Wildman–Crippen LogP) is 2.13. The summed E-state index contributed by atoms with van der Waals surface area (Å²) in [6.45, 7) is 0.0583. The van der Waals surface area contributed by atoms with Crippen molar-refractivity contribution in [2.45, 2.75) is 6.61 Å². The van der Waals surface area contributed by atoms with Crippen molar-refractivity contribution < 1.29 is 5.11 Å². The molecule has 72 valence electrons. The SMILES string of the molecule is OCc1ccc(-n2ccnc2)c(Br)c1. The maximum atomic E-state index is 8.94. The molecule has 2 rings (SSSR count). The lowest BCUT2D eigenvalue weighted by atomic mass is 10.2. The summed E-state index contributed by atoms with van der Waals surface area (Å²) < 4.78 is 2.85. The summed E-state index contributed by atoms with van der Waals surface area (Å²) in [5.41, 5.74) is 1.90. The van der Waals surface area contributed by atoms with E-state index in [1.807, 2.05) is 29.0 Å². The number of aromatic nitrogens is 2. The van der Waals surface area contributed by atoms with Crippen molar-refractivity contribution in [2.24, 2.45) is 0 Å². The number of hydrogen-bond acceptors (Lipinski definition) is 2. The molecule has 0 atom stereocenters. The molecular weight excluding hydrogens is 244 g/mol. The van der Waals surface area contributed by atoms with Crippen LogP contribution in [0.1, 0.15) is 5.56 Å². The van der Waals surface area contributed by atoms with E-state index in [2.05, 4.69) is 20.9 Å². The number of hydrogen-bond donors (Lipinski definition) is 1. The fourth-order valence-corrected chi connectivity index (χ4v) is 1.89. The fourth-order valence-electron chi connectivity index (χ4n) is 1.26. The molecule has 0 aliphatic carbocycles. The van der Waals surface area contributed by atoms with E-state index in [4.69, 9.17) is 5.11 Å². The van der Waals surface area contributed by atoms with Crippen molar-refractivity contribution in [1.29, 1.82) is 0 Å². The number of nitrogens with zero attached hydrogens (tertiary/aromatic N) is 2. The first-order chi connectivity index (χ1) is 6.81. The molecule has 1 N–H and O–H groups in total. The Bertz CT molecular complexity index is 426. The highest BCUT2D eigenvalue weighted by atomic mass is 79.9. The number of imidazole rings is 1. The summed E-state index contributed by atoms with van der Waals surface area (Å²) in [6, 6.07) is 5.73. The zero-order valence-electron chi connectivity index (χ0n) is 7.39. The van der Waals surface area contributed by atoms with Gasteiger partial charge in [0.15, 0.2) is 0 Å². The number of aliphatic hydroxyl groups is 1. The second kappa shape index (κ2) is 3.94. The Hall–Kier alpha value is -1.13. The van der Waals surface area contributed by atoms with E-state index in [1.165, 1.54) is 0 Å². The van der Waals surface area contributed by atoms with E-state index in [-0.39, 0.29) is 6.61 Å². The minimum Gasteiger partial charge on any atom is -0.392 e. The zero-order valence-corrected chi connectivity index (χ0v) is 8.98. The molecule has 0 aliphatic rings. The normalized spacial score (nSPS) is 10.4. The van der Waals surface area contributed by atoms with Crippen LogP contribution in [0.5, 0.6) is 0 Å². The highest BCUT2D eigenvalue weighted by molar-refractivity contribution is 9.10. The first-order valence-electron chi connectivity index (χ1n) is 4.19. The number of aliphatic hydroxyl groups excluding tert-OH is 1. The van der Waals surface area contributed by atoms with Gasteiger partial charge in [-0.1, -0.05) is 6.07 Å². The van der Waals surface area contributed by atoms with Gasteiger partial charge < -0.3 is 9.67 Å². The van der Waals surface area contributed by atoms with Gasteiger partial charge in [0.25, 0.3) is 0 Å². The van der Waals surface area contributed by atoms with Gasteiger partial charge in [0, 0.05) is 16.9 Å². The summed E-state index contributed by atoms with van der Waals surface area (Å²) >= 11 is 3.45. The Balaban J connectivity index is 2.46. The molecule has 0 bridgehead atoms. The van der Waals surface area contributed by atoms with Crippen molar-refractivity contribution in [2.75, 3.05) is 0 Å². The molecule has 1 aromatic carbocycles. The molecule has 0 spiro atoms. The lowest BCUT2D eigenvalue weighted by Crippen LogP contribution is -1.93. The summed E-state index contributed by atoms with van der Waals surface area (Å²) in [4.78, 5) is 3.98. The average molecular weight is 253 g/mol. The lowest BCUT2D eigenvalue weighted by Gasteiger charge is -2.06. The molecule has 3 nitrogen and oxygen atoms in total. The van der Waals surface area contributed by atoms with Gasteiger partial charge >= 0.3 is 0 Å². The Kier molecular flexibility index (Phi) is 2.65. The van der Waals surface area contributed by atoms with Crippen molar-refractivity contribution in [3.63, 3.8) is 0 Å². The standard InChI is InChI=1S/C10H9BrN2O/c11-9-5-8(6-14)1-2-10(9)13-4-3-12-7-13/h1-5,7,14H,6H2. The van der Waals surface area contributed by atoms with Crippen LogP contribution in [0.4, 0.5) is 0 Å². The first-order valence-corrected chi connectivity index (χ1v) is 4.98. The van der Waals surface area contributed by atoms with Crippen molar-refractivity contribution in [3.05, 3.63) is 47.0 Å². The van der Waals surface area contributed by atoms with Gasteiger partial charge in [0.1, 0.15) is 0 Å². The largest absolute Gasteiger partial charge is 0.392 e. The second-order valence-corrected chi connectivity index (χ2v) is 3.77. The third-order valence-corrected chi connectivity index (χ3v) is 2.61. The second-order valence-electron chi connectivity index (χ2n) is 2.91. The summed E-state index contributed by atoms with van der Waals surface area (Å²) in [7, 11) is 0. The summed E-state index contributed by atoms with van der Waals surface area (Å²) in [5.74, 6) is 0. The Morgan fingerprint density at radius 1 is 1.43 bits per heavy atom. The van der Waals surface area contributed by atoms with E-state index in [0.29, 0.717) is 0 Å². The maximum Gasteiger partial charge on any atom is 0.0992 e. The van der Waals surface area contributed by atoms with Crippen LogP contribution < -0.4 is 0 Å². The van der Waals surface area contributed by atoms with Crippen LogP contribution in [0.3, 0.4) is 0 Å². The van der Waals surface area contributed by atoms with Crippen LogP contribution in [0, 0.1) is 0 Å². The Morgan fingerprint density at radius 2 is 2.29 bits per heavy atom. The summed E-state index contributed by atoms with van der Waals surface area (Å²) in [5, 5.41) is 8.94. The van der Waals surface area contributed by atoms with Crippen LogP contribution in [0.25, 0.3) is 5.69 Å². The van der Waals surface area contributed by atoms with Crippen molar-refractivity contribution >= 4 is 15.9 Å². The lowest BCUT2D eigenvalue weighted by molar-refractivity contribution is 0.282. The number of halogens is 1. The molecule has 0 fully saturated rings. The third-order valence-electron chi connectivity index (χ3n) is 1.98. The predicted molar refractivity (Wildman–Crippen MR) is 57.2 cm³/mol. The smallest absolute Gasteiger partial charge is 0.0992 e. The molecule has 0 unspecified atom stereocenters. The Labute approximate surface area is 90.2 Å². The molecule has 0 radical (unpaired) electrons. The topological polar surface area (TPSA) is 38.0 Å². The van der Waals surface area contributed by atoms with Gasteiger partial charge in [-0.3, -0.25) is 0 Å². The minimum atomic E-state index is 0.0583. The molecule has 1 heterocycles. The molecule has 0 saturated carbocycles. The fraction of sp³-hybridized carbons (Fsp3) is 0.100. The number of benzene rings is 1. The average Bonchev–Trinajstić information content (AvgIpc) is 2.70. The minimum absolute atomic E-state index is 0.0583. The molecule has 0 saturated heterocycles. The van der Waals surface area contributed by atoms with Crippen molar-refractivity contribution in [1.82, 2.24) is 9.55 Å². The van der Waals surface area contributed by atoms with E-state index in [1.54, 1.807) is 12.5 Å². The highest BCUT2D eigenvalue weighted by Crippen LogP contribution is 2.22. The van der Waals surface area contributed by atoms with Gasteiger partial charge in [-0.15, -0.1) is 0 Å². The maximum absolute atomic E-state index is 8.94. The number of rotatable bonds is 2. The van der Waals surface area contributed by atoms with Crippen LogP contribution >= 0.6 is 15.9 Å². The van der Waals surface area contributed by atoms with Gasteiger partial charge in [-0.2, -0.15) is 0 Å². The quantitative estimate of drug-likeness (QED) is 0.890. The monoisotopic (exact) mass is 252 g/mol. The summed E-state index contributed by atoms with van der Waals surface area (Å²) in [6.07, 6.45) is 5.34. The van der Waals surface area contributed by atoms with E-state index >= 15 is 0 Å². The van der Waals surface area contributed by atoms with E-state index in [0.717, 1.165) is 15.7 Å². The highest BCUT2D eigenvalue weighted by Gasteiger charge is 2.02. The molecule has 0 aliphatic heterocycles. The third kappa shape index (κ3) is 1.71. The Morgan fingerprint density at radius 3 is 2.86 bits per heavy atom. The van der Waals surface area contributed by atoms with Crippen LogP contribution in [-0.2, 0) is 6.61 Å². The molecule has 0 amide bonds. The molecule has 4 heteroatoms. The van der Waals surface area contributed by atoms with Crippen molar-refractivity contribution in [3.8, 4) is 5.69 Å². The van der Waals surface area contributed by atoms with Crippen LogP contribution in [0.15, 0.2) is 41.4 Å². The van der Waals surface area contributed by atoms with E-state index in [9.17, 15) is 0 Å².